The van der Waals surface area contributed by atoms with Crippen molar-refractivity contribution in [2.75, 3.05) is 13.2 Å². The standard InChI is InChI=1S/C9H14F2O7S/c1-6(2)8(13)17-4-3-7(12)18-5-9(10,11)19(14,15)16/h7,12H,1,3-5H2,2H3,(H,14,15,16). The van der Waals surface area contributed by atoms with Gasteiger partial charge in [-0.3, -0.25) is 4.55 Å². The molecule has 2 N–H and O–H groups in total. The van der Waals surface area contributed by atoms with E-state index in [1.807, 2.05) is 0 Å². The zero-order valence-electron chi connectivity index (χ0n) is 10.0. The number of alkyl halides is 2. The van der Waals surface area contributed by atoms with Crippen molar-refractivity contribution >= 4 is 16.1 Å². The maximum Gasteiger partial charge on any atom is 0.392 e. The lowest BCUT2D eigenvalue weighted by Gasteiger charge is -2.16. The number of carbonyl (C=O) groups is 1. The van der Waals surface area contributed by atoms with Crippen molar-refractivity contribution in [3.8, 4) is 0 Å². The fourth-order valence-electron chi connectivity index (χ4n) is 0.727. The predicted octanol–water partition coefficient (Wildman–Crippen LogP) is 0.311. The molecule has 0 aromatic rings. The quantitative estimate of drug-likeness (QED) is 0.287. The van der Waals surface area contributed by atoms with Crippen LogP contribution in [0.2, 0.25) is 0 Å². The van der Waals surface area contributed by atoms with Crippen LogP contribution in [0.5, 0.6) is 0 Å². The van der Waals surface area contributed by atoms with Gasteiger partial charge in [0.1, 0.15) is 6.61 Å². The zero-order valence-corrected chi connectivity index (χ0v) is 10.8. The van der Waals surface area contributed by atoms with Crippen molar-refractivity contribution in [2.45, 2.75) is 24.9 Å². The van der Waals surface area contributed by atoms with E-state index in [1.165, 1.54) is 6.92 Å². The summed E-state index contributed by atoms with van der Waals surface area (Å²) < 4.78 is 62.6. The minimum atomic E-state index is -5.61. The Kier molecular flexibility index (Phi) is 6.49. The van der Waals surface area contributed by atoms with Gasteiger partial charge in [0, 0.05) is 12.0 Å². The zero-order chi connectivity index (χ0) is 15.3. The lowest BCUT2D eigenvalue weighted by molar-refractivity contribution is -0.155. The van der Waals surface area contributed by atoms with Gasteiger partial charge in [-0.2, -0.15) is 17.2 Å². The summed E-state index contributed by atoms with van der Waals surface area (Å²) in [6.45, 7) is 2.63. The Balaban J connectivity index is 4.04. The molecule has 0 fully saturated rings. The third kappa shape index (κ3) is 6.57. The summed E-state index contributed by atoms with van der Waals surface area (Å²) >= 11 is 0. The average Bonchev–Trinajstić information content (AvgIpc) is 2.24. The fourth-order valence-corrected chi connectivity index (χ4v) is 0.944. The third-order valence-electron chi connectivity index (χ3n) is 1.77. The number of ether oxygens (including phenoxy) is 2. The van der Waals surface area contributed by atoms with Crippen molar-refractivity contribution in [1.29, 1.82) is 0 Å². The molecule has 1 unspecified atom stereocenters. The van der Waals surface area contributed by atoms with E-state index < -0.39 is 34.2 Å². The minimum Gasteiger partial charge on any atom is -0.462 e. The summed E-state index contributed by atoms with van der Waals surface area (Å²) in [5, 5.41) is 4.56. The van der Waals surface area contributed by atoms with Gasteiger partial charge in [-0.05, 0) is 6.92 Å². The van der Waals surface area contributed by atoms with Crippen molar-refractivity contribution in [3.63, 3.8) is 0 Å². The molecule has 0 saturated carbocycles. The normalized spacial score (nSPS) is 13.9. The molecule has 0 heterocycles. The molecule has 19 heavy (non-hydrogen) atoms. The molecule has 0 aromatic carbocycles. The molecular formula is C9H14F2O7S. The summed E-state index contributed by atoms with van der Waals surface area (Å²) in [6, 6.07) is 0. The van der Waals surface area contributed by atoms with Crippen LogP contribution in [0.4, 0.5) is 8.78 Å². The second kappa shape index (κ2) is 6.89. The first-order valence-electron chi connectivity index (χ1n) is 4.94. The molecule has 0 aliphatic rings. The number of rotatable bonds is 8. The average molecular weight is 304 g/mol. The highest BCUT2D eigenvalue weighted by Crippen LogP contribution is 2.21. The van der Waals surface area contributed by atoms with Gasteiger partial charge in [-0.25, -0.2) is 4.79 Å². The van der Waals surface area contributed by atoms with E-state index in [1.54, 1.807) is 0 Å². The van der Waals surface area contributed by atoms with Gasteiger partial charge < -0.3 is 14.6 Å². The summed E-state index contributed by atoms with van der Waals surface area (Å²) in [6.07, 6.45) is -2.12. The van der Waals surface area contributed by atoms with Gasteiger partial charge in [0.25, 0.3) is 0 Å². The maximum absolute atomic E-state index is 12.7. The molecule has 0 bridgehead atoms. The number of aliphatic hydroxyl groups excluding tert-OH is 1. The predicted molar refractivity (Wildman–Crippen MR) is 58.8 cm³/mol. The van der Waals surface area contributed by atoms with E-state index in [4.69, 9.17) is 9.66 Å². The molecule has 0 aliphatic carbocycles. The van der Waals surface area contributed by atoms with Crippen molar-refractivity contribution < 1.29 is 41.1 Å². The molecule has 0 amide bonds. The monoisotopic (exact) mass is 304 g/mol. The van der Waals surface area contributed by atoms with Crippen LogP contribution < -0.4 is 0 Å². The van der Waals surface area contributed by atoms with Gasteiger partial charge in [0.2, 0.25) is 0 Å². The van der Waals surface area contributed by atoms with Gasteiger partial charge in [0.05, 0.1) is 6.61 Å². The van der Waals surface area contributed by atoms with Crippen LogP contribution in [0.3, 0.4) is 0 Å². The van der Waals surface area contributed by atoms with Crippen LogP contribution in [0.25, 0.3) is 0 Å². The Morgan fingerprint density at radius 2 is 2.00 bits per heavy atom. The Morgan fingerprint density at radius 1 is 1.47 bits per heavy atom. The van der Waals surface area contributed by atoms with Crippen LogP contribution in [-0.4, -0.2) is 48.8 Å². The molecule has 10 heteroatoms. The smallest absolute Gasteiger partial charge is 0.392 e. The van der Waals surface area contributed by atoms with Crippen LogP contribution in [-0.2, 0) is 24.4 Å². The second-order valence-electron chi connectivity index (χ2n) is 3.58. The summed E-state index contributed by atoms with van der Waals surface area (Å²) in [5.74, 6) is -0.726. The number of aliphatic hydroxyl groups is 1. The van der Waals surface area contributed by atoms with Gasteiger partial charge in [-0.1, -0.05) is 6.58 Å². The molecule has 0 radical (unpaired) electrons. The van der Waals surface area contributed by atoms with E-state index in [0.717, 1.165) is 0 Å². The molecule has 0 rings (SSSR count). The fraction of sp³-hybridized carbons (Fsp3) is 0.667. The highest BCUT2D eigenvalue weighted by Gasteiger charge is 2.44. The molecule has 1 atom stereocenters. The Morgan fingerprint density at radius 3 is 2.42 bits per heavy atom. The molecule has 0 aliphatic heterocycles. The molecule has 7 nitrogen and oxygen atoms in total. The lowest BCUT2D eigenvalue weighted by Crippen LogP contribution is -2.35. The van der Waals surface area contributed by atoms with Gasteiger partial charge in [-0.15, -0.1) is 0 Å². The van der Waals surface area contributed by atoms with E-state index in [-0.39, 0.29) is 18.6 Å². The first kappa shape index (κ1) is 17.9. The van der Waals surface area contributed by atoms with Crippen molar-refractivity contribution in [2.24, 2.45) is 0 Å². The lowest BCUT2D eigenvalue weighted by atomic mass is 10.3. The number of carbonyl (C=O) groups excluding carboxylic acids is 1. The van der Waals surface area contributed by atoms with Crippen LogP contribution in [0, 0.1) is 0 Å². The van der Waals surface area contributed by atoms with Crippen molar-refractivity contribution in [1.82, 2.24) is 0 Å². The minimum absolute atomic E-state index is 0.119. The topological polar surface area (TPSA) is 110 Å². The Labute approximate surface area is 108 Å². The highest BCUT2D eigenvalue weighted by molar-refractivity contribution is 7.86. The van der Waals surface area contributed by atoms with Crippen LogP contribution in [0.1, 0.15) is 13.3 Å². The highest BCUT2D eigenvalue weighted by atomic mass is 32.2. The third-order valence-corrected chi connectivity index (χ3v) is 2.64. The summed E-state index contributed by atoms with van der Waals surface area (Å²) in [4.78, 5) is 10.9. The molecular weight excluding hydrogens is 290 g/mol. The molecule has 0 spiro atoms. The van der Waals surface area contributed by atoms with E-state index in [2.05, 4.69) is 16.1 Å². The molecule has 0 aromatic heterocycles. The number of hydrogen-bond acceptors (Lipinski definition) is 6. The van der Waals surface area contributed by atoms with E-state index in [9.17, 15) is 22.0 Å². The summed E-state index contributed by atoms with van der Waals surface area (Å²) in [7, 11) is -5.61. The van der Waals surface area contributed by atoms with Crippen LogP contribution >= 0.6 is 0 Å². The SMILES string of the molecule is C=C(C)C(=O)OCCC(O)OCC(F)(F)S(=O)(=O)O. The maximum atomic E-state index is 12.7. The van der Waals surface area contributed by atoms with Gasteiger partial charge in [0.15, 0.2) is 6.29 Å². The first-order valence-corrected chi connectivity index (χ1v) is 6.38. The second-order valence-corrected chi connectivity index (χ2v) is 5.13. The molecule has 112 valence electrons. The number of halogens is 2. The Hall–Kier alpha value is -1.10. The van der Waals surface area contributed by atoms with Crippen LogP contribution in [0.15, 0.2) is 12.2 Å². The van der Waals surface area contributed by atoms with Gasteiger partial charge >= 0.3 is 21.3 Å². The first-order chi connectivity index (χ1) is 8.47. The number of hydrogen-bond donors (Lipinski definition) is 2. The molecule has 0 saturated heterocycles. The van der Waals surface area contributed by atoms with E-state index in [0.29, 0.717) is 0 Å². The number of esters is 1. The van der Waals surface area contributed by atoms with Crippen molar-refractivity contribution in [3.05, 3.63) is 12.2 Å². The Bertz CT molecular complexity index is 432. The summed E-state index contributed by atoms with van der Waals surface area (Å²) in [5.41, 5.74) is 0.119. The van der Waals surface area contributed by atoms with E-state index >= 15 is 0 Å². The largest absolute Gasteiger partial charge is 0.462 e.